The third kappa shape index (κ3) is 3.38. The van der Waals surface area contributed by atoms with Gasteiger partial charge in [-0.2, -0.15) is 0 Å². The average Bonchev–Trinajstić information content (AvgIpc) is 3.08. The monoisotopic (exact) mass is 456 g/mol. The summed E-state index contributed by atoms with van der Waals surface area (Å²) < 4.78 is 0. The maximum absolute atomic E-state index is 11.0. The van der Waals surface area contributed by atoms with Crippen LogP contribution in [0.5, 0.6) is 11.5 Å². The van der Waals surface area contributed by atoms with Crippen molar-refractivity contribution in [3.63, 3.8) is 0 Å². The molecule has 4 heteroatoms. The molecule has 0 saturated heterocycles. The van der Waals surface area contributed by atoms with E-state index in [0.717, 1.165) is 10.9 Å². The van der Waals surface area contributed by atoms with Crippen molar-refractivity contribution < 1.29 is 10.2 Å². The Balaban J connectivity index is 1.40. The van der Waals surface area contributed by atoms with Crippen molar-refractivity contribution in [3.8, 4) is 33.9 Å². The van der Waals surface area contributed by atoms with Gasteiger partial charge in [-0.25, -0.2) is 4.98 Å². The third-order valence-corrected chi connectivity index (χ3v) is 6.94. The minimum atomic E-state index is -0.163. The van der Waals surface area contributed by atoms with Gasteiger partial charge in [-0.3, -0.25) is 4.99 Å². The highest BCUT2D eigenvalue weighted by Crippen LogP contribution is 2.51. The largest absolute Gasteiger partial charge is 0.507 e. The molecule has 4 aromatic carbocycles. The first-order valence-corrected chi connectivity index (χ1v) is 11.6. The molecule has 0 amide bonds. The van der Waals surface area contributed by atoms with Gasteiger partial charge in [-0.15, -0.1) is 0 Å². The number of phenols is 2. The zero-order valence-electron chi connectivity index (χ0n) is 19.5. The Morgan fingerprint density at radius 3 is 2.34 bits per heavy atom. The number of aromatic hydroxyl groups is 2. The Morgan fingerprint density at radius 1 is 0.714 bits per heavy atom. The summed E-state index contributed by atoms with van der Waals surface area (Å²) in [5, 5.41) is 22.9. The highest BCUT2D eigenvalue weighted by molar-refractivity contribution is 5.99. The summed E-state index contributed by atoms with van der Waals surface area (Å²) in [6, 6.07) is 29.2. The first-order valence-electron chi connectivity index (χ1n) is 11.6. The maximum atomic E-state index is 11.0. The van der Waals surface area contributed by atoms with E-state index in [0.29, 0.717) is 28.0 Å². The molecule has 35 heavy (non-hydrogen) atoms. The number of aromatic nitrogens is 1. The molecule has 0 radical (unpaired) electrons. The van der Waals surface area contributed by atoms with E-state index in [1.54, 1.807) is 12.3 Å². The predicted molar refractivity (Wildman–Crippen MR) is 142 cm³/mol. The number of hydrogen-bond acceptors (Lipinski definition) is 4. The number of pyridine rings is 1. The van der Waals surface area contributed by atoms with Crippen molar-refractivity contribution in [2.45, 2.75) is 19.3 Å². The molecular formula is C31H24N2O2. The number of hydrogen-bond donors (Lipinski definition) is 2. The summed E-state index contributed by atoms with van der Waals surface area (Å²) in [4.78, 5) is 9.39. The molecule has 0 spiro atoms. The van der Waals surface area contributed by atoms with Crippen LogP contribution in [0, 0.1) is 0 Å². The summed E-state index contributed by atoms with van der Waals surface area (Å²) in [5.74, 6) is 0.403. The van der Waals surface area contributed by atoms with E-state index >= 15 is 0 Å². The van der Waals surface area contributed by atoms with Crippen LogP contribution in [0.3, 0.4) is 0 Å². The van der Waals surface area contributed by atoms with E-state index in [-0.39, 0.29) is 16.9 Å². The Hall–Kier alpha value is -4.44. The molecule has 0 unspecified atom stereocenters. The molecule has 5 aromatic rings. The van der Waals surface area contributed by atoms with E-state index in [4.69, 9.17) is 4.98 Å². The second-order valence-corrected chi connectivity index (χ2v) is 9.44. The number of nitrogens with zero attached hydrogens (tertiary/aromatic N) is 2. The van der Waals surface area contributed by atoms with E-state index in [9.17, 15) is 10.2 Å². The van der Waals surface area contributed by atoms with Crippen molar-refractivity contribution in [1.82, 2.24) is 4.98 Å². The Kier molecular flexibility index (Phi) is 4.71. The van der Waals surface area contributed by atoms with E-state index < -0.39 is 0 Å². The number of fused-ring (bicyclic) bond motifs is 4. The lowest BCUT2D eigenvalue weighted by Crippen LogP contribution is -2.15. The summed E-state index contributed by atoms with van der Waals surface area (Å²) in [6.45, 7) is 4.43. The van der Waals surface area contributed by atoms with Crippen LogP contribution in [0.2, 0.25) is 0 Å². The molecule has 1 aliphatic carbocycles. The first kappa shape index (κ1) is 21.1. The number of aliphatic imine (C=N–C) groups is 1. The molecule has 1 aliphatic rings. The van der Waals surface area contributed by atoms with Crippen molar-refractivity contribution >= 4 is 22.7 Å². The van der Waals surface area contributed by atoms with Gasteiger partial charge in [0, 0.05) is 16.4 Å². The number of rotatable bonds is 3. The fraction of sp³-hybridized carbons (Fsp3) is 0.0968. The van der Waals surface area contributed by atoms with Crippen LogP contribution in [-0.2, 0) is 5.41 Å². The molecule has 0 fully saturated rings. The van der Waals surface area contributed by atoms with Crippen LogP contribution in [-0.4, -0.2) is 21.4 Å². The van der Waals surface area contributed by atoms with Gasteiger partial charge in [-0.1, -0.05) is 68.4 Å². The molecule has 0 saturated carbocycles. The molecule has 1 aromatic heterocycles. The normalized spacial score (nSPS) is 13.8. The minimum absolute atomic E-state index is 0.163. The van der Waals surface area contributed by atoms with Crippen molar-refractivity contribution in [1.29, 1.82) is 0 Å². The van der Waals surface area contributed by atoms with Crippen LogP contribution in [0.15, 0.2) is 96.0 Å². The van der Waals surface area contributed by atoms with E-state index in [2.05, 4.69) is 43.1 Å². The van der Waals surface area contributed by atoms with Crippen molar-refractivity contribution in [3.05, 3.63) is 108 Å². The fourth-order valence-electron chi connectivity index (χ4n) is 5.16. The highest BCUT2D eigenvalue weighted by atomic mass is 16.3. The van der Waals surface area contributed by atoms with Gasteiger partial charge in [0.25, 0.3) is 0 Å². The lowest BCUT2D eigenvalue weighted by molar-refractivity contribution is 0.477. The summed E-state index contributed by atoms with van der Waals surface area (Å²) >= 11 is 0. The molecular weight excluding hydrogens is 432 g/mol. The molecule has 1 heterocycles. The van der Waals surface area contributed by atoms with Crippen LogP contribution >= 0.6 is 0 Å². The predicted octanol–water partition coefficient (Wildman–Crippen LogP) is 7.37. The van der Waals surface area contributed by atoms with E-state index in [1.165, 1.54) is 16.7 Å². The first-order chi connectivity index (χ1) is 16.9. The lowest BCUT2D eigenvalue weighted by Gasteiger charge is -2.22. The smallest absolute Gasteiger partial charge is 0.125 e. The van der Waals surface area contributed by atoms with Gasteiger partial charge in [0.05, 0.1) is 23.3 Å². The topological polar surface area (TPSA) is 65.7 Å². The quantitative estimate of drug-likeness (QED) is 0.279. The zero-order valence-corrected chi connectivity index (χ0v) is 19.5. The van der Waals surface area contributed by atoms with Crippen LogP contribution in [0.25, 0.3) is 33.2 Å². The standard InChI is InChI=1S/C31H24N2O2/c1-31(2)24-12-4-3-11-21(24)22-17-29(35)23(16-25(22)31)26-13-7-10-20(33-26)18-32-27-14-5-8-19-9-6-15-28(34)30(19)27/h3-18,34-35H,1-2H3. The summed E-state index contributed by atoms with van der Waals surface area (Å²) in [7, 11) is 0. The maximum Gasteiger partial charge on any atom is 0.125 e. The fourth-order valence-corrected chi connectivity index (χ4v) is 5.16. The lowest BCUT2D eigenvalue weighted by atomic mass is 9.81. The third-order valence-electron chi connectivity index (χ3n) is 6.94. The zero-order chi connectivity index (χ0) is 24.2. The van der Waals surface area contributed by atoms with Crippen molar-refractivity contribution in [2.24, 2.45) is 4.99 Å². The summed E-state index contributed by atoms with van der Waals surface area (Å²) in [5.41, 5.74) is 7.23. The second-order valence-electron chi connectivity index (χ2n) is 9.44. The highest BCUT2D eigenvalue weighted by Gasteiger charge is 2.36. The van der Waals surface area contributed by atoms with Crippen LogP contribution in [0.1, 0.15) is 30.7 Å². The summed E-state index contributed by atoms with van der Waals surface area (Å²) in [6.07, 6.45) is 1.69. The van der Waals surface area contributed by atoms with Crippen molar-refractivity contribution in [2.75, 3.05) is 0 Å². The van der Waals surface area contributed by atoms with Gasteiger partial charge in [-0.05, 0) is 64.0 Å². The van der Waals surface area contributed by atoms with Gasteiger partial charge in [0.1, 0.15) is 11.5 Å². The van der Waals surface area contributed by atoms with Gasteiger partial charge < -0.3 is 10.2 Å². The molecule has 0 aliphatic heterocycles. The van der Waals surface area contributed by atoms with Crippen LogP contribution in [0.4, 0.5) is 5.69 Å². The number of phenolic OH excluding ortho intramolecular Hbond substituents is 2. The molecule has 4 nitrogen and oxygen atoms in total. The Bertz CT molecular complexity index is 1640. The average molecular weight is 457 g/mol. The second kappa shape index (κ2) is 7.81. The molecule has 2 N–H and O–H groups in total. The van der Waals surface area contributed by atoms with Crippen LogP contribution < -0.4 is 0 Å². The van der Waals surface area contributed by atoms with E-state index in [1.807, 2.05) is 60.7 Å². The molecule has 0 bridgehead atoms. The van der Waals surface area contributed by atoms with Gasteiger partial charge in [0.15, 0.2) is 0 Å². The van der Waals surface area contributed by atoms with Gasteiger partial charge >= 0.3 is 0 Å². The Labute approximate surface area is 203 Å². The molecule has 170 valence electrons. The SMILES string of the molecule is CC1(C)c2ccccc2-c2cc(O)c(-c3cccc(C=Nc4cccc5cccc(O)c45)n3)cc21. The Morgan fingerprint density at radius 2 is 1.49 bits per heavy atom. The molecule has 0 atom stereocenters. The minimum Gasteiger partial charge on any atom is -0.507 e. The number of benzene rings is 4. The van der Waals surface area contributed by atoms with Gasteiger partial charge in [0.2, 0.25) is 0 Å². The molecule has 6 rings (SSSR count).